The Morgan fingerprint density at radius 1 is 1.07 bits per heavy atom. The molecule has 6 nitrogen and oxygen atoms in total. The van der Waals surface area contributed by atoms with Gasteiger partial charge >= 0.3 is 0 Å². The third kappa shape index (κ3) is 4.35. The van der Waals surface area contributed by atoms with E-state index in [9.17, 15) is 4.79 Å². The molecule has 0 saturated heterocycles. The van der Waals surface area contributed by atoms with Gasteiger partial charge in [0.05, 0.1) is 25.8 Å². The van der Waals surface area contributed by atoms with Gasteiger partial charge < -0.3 is 25.4 Å². The van der Waals surface area contributed by atoms with Gasteiger partial charge in [-0.2, -0.15) is 0 Å². The van der Waals surface area contributed by atoms with Crippen molar-refractivity contribution in [1.82, 2.24) is 10.6 Å². The molecule has 1 amide bonds. The zero-order chi connectivity index (χ0) is 21.1. The van der Waals surface area contributed by atoms with Crippen LogP contribution in [-0.4, -0.2) is 25.2 Å². The van der Waals surface area contributed by atoms with Gasteiger partial charge in [-0.15, -0.1) is 0 Å². The van der Waals surface area contributed by atoms with Crippen molar-refractivity contribution in [2.45, 2.75) is 26.8 Å². The van der Waals surface area contributed by atoms with Crippen LogP contribution >= 0.6 is 12.2 Å². The normalized spacial score (nSPS) is 16.0. The summed E-state index contributed by atoms with van der Waals surface area (Å²) in [5.41, 5.74) is 4.83. The Kier molecular flexibility index (Phi) is 6.08. The molecular formula is C22H25N3O3S. The molecule has 2 aromatic carbocycles. The lowest BCUT2D eigenvalue weighted by molar-refractivity contribution is -0.113. The van der Waals surface area contributed by atoms with Crippen molar-refractivity contribution in [2.75, 3.05) is 19.5 Å². The summed E-state index contributed by atoms with van der Waals surface area (Å²) in [5.74, 6) is 1.09. The highest BCUT2D eigenvalue weighted by atomic mass is 32.1. The molecule has 0 unspecified atom stereocenters. The summed E-state index contributed by atoms with van der Waals surface area (Å²) in [5, 5.41) is 9.74. The molecular weight excluding hydrogens is 386 g/mol. The van der Waals surface area contributed by atoms with Crippen LogP contribution in [0, 0.1) is 13.8 Å². The van der Waals surface area contributed by atoms with Gasteiger partial charge in [-0.3, -0.25) is 4.79 Å². The van der Waals surface area contributed by atoms with Crippen molar-refractivity contribution < 1.29 is 14.3 Å². The molecule has 0 bridgehead atoms. The van der Waals surface area contributed by atoms with Crippen LogP contribution in [0.5, 0.6) is 11.5 Å². The molecule has 0 saturated carbocycles. The molecule has 0 fully saturated rings. The van der Waals surface area contributed by atoms with Crippen molar-refractivity contribution in [3.63, 3.8) is 0 Å². The second-order valence-electron chi connectivity index (χ2n) is 6.95. The number of anilines is 1. The van der Waals surface area contributed by atoms with Crippen molar-refractivity contribution in [1.29, 1.82) is 0 Å². The van der Waals surface area contributed by atoms with Gasteiger partial charge in [0.15, 0.2) is 5.11 Å². The number of hydrogen-bond donors (Lipinski definition) is 3. The van der Waals surface area contributed by atoms with Crippen LogP contribution in [0.3, 0.4) is 0 Å². The number of thiocarbonyl (C=S) groups is 1. The van der Waals surface area contributed by atoms with E-state index in [4.69, 9.17) is 21.7 Å². The Morgan fingerprint density at radius 2 is 1.83 bits per heavy atom. The van der Waals surface area contributed by atoms with Crippen molar-refractivity contribution in [3.8, 4) is 11.5 Å². The Hall–Kier alpha value is -3.06. The average molecular weight is 412 g/mol. The lowest BCUT2D eigenvalue weighted by Crippen LogP contribution is -2.45. The fourth-order valence-corrected chi connectivity index (χ4v) is 3.62. The first-order chi connectivity index (χ1) is 13.8. The van der Waals surface area contributed by atoms with Gasteiger partial charge in [-0.05, 0) is 68.4 Å². The third-order valence-electron chi connectivity index (χ3n) is 4.90. The average Bonchev–Trinajstić information content (AvgIpc) is 2.69. The first-order valence-corrected chi connectivity index (χ1v) is 9.63. The zero-order valence-electron chi connectivity index (χ0n) is 17.2. The second kappa shape index (κ2) is 8.53. The van der Waals surface area contributed by atoms with Gasteiger partial charge in [0.1, 0.15) is 11.5 Å². The first-order valence-electron chi connectivity index (χ1n) is 9.23. The number of allylic oxidation sites excluding steroid dienone is 1. The predicted molar refractivity (Wildman–Crippen MR) is 118 cm³/mol. The number of carbonyl (C=O) groups excluding carboxylic acids is 1. The van der Waals surface area contributed by atoms with Crippen molar-refractivity contribution >= 4 is 28.9 Å². The number of carbonyl (C=O) groups is 1. The van der Waals surface area contributed by atoms with E-state index >= 15 is 0 Å². The van der Waals surface area contributed by atoms with Crippen LogP contribution in [0.15, 0.2) is 47.7 Å². The molecule has 1 aliphatic rings. The minimum absolute atomic E-state index is 0.214. The summed E-state index contributed by atoms with van der Waals surface area (Å²) < 4.78 is 10.9. The highest BCUT2D eigenvalue weighted by Gasteiger charge is 2.32. The molecule has 152 valence electrons. The van der Waals surface area contributed by atoms with Gasteiger partial charge in [0.25, 0.3) is 5.91 Å². The number of ether oxygens (including phenoxy) is 2. The zero-order valence-corrected chi connectivity index (χ0v) is 18.0. The maximum atomic E-state index is 13.3. The summed E-state index contributed by atoms with van der Waals surface area (Å²) in [6.45, 7) is 5.79. The summed E-state index contributed by atoms with van der Waals surface area (Å²) in [4.78, 5) is 13.3. The van der Waals surface area contributed by atoms with E-state index in [0.717, 1.165) is 22.4 Å². The fraction of sp³-hybridized carbons (Fsp3) is 0.273. The summed E-state index contributed by atoms with van der Waals surface area (Å²) >= 11 is 5.35. The van der Waals surface area contributed by atoms with Crippen LogP contribution in [0.1, 0.15) is 29.7 Å². The van der Waals surface area contributed by atoms with E-state index in [0.29, 0.717) is 27.9 Å². The SMILES string of the molecule is COc1ccc(OC)c([C@@H]2NC(=S)NC(C)=C2C(=O)Nc2cc(C)ccc2C)c1. The maximum Gasteiger partial charge on any atom is 0.255 e. The van der Waals surface area contributed by atoms with Crippen LogP contribution in [0.25, 0.3) is 0 Å². The maximum absolute atomic E-state index is 13.3. The molecule has 1 heterocycles. The Bertz CT molecular complexity index is 1000. The standard InChI is InChI=1S/C22H25N3O3S/c1-12-6-7-13(2)17(10-12)24-21(26)19-14(3)23-22(29)25-20(19)16-11-15(27-4)8-9-18(16)28-5/h6-11,20H,1-5H3,(H,24,26)(H2,23,25,29)/t20-/m0/s1. The van der Waals surface area contributed by atoms with Crippen molar-refractivity contribution in [3.05, 3.63) is 64.4 Å². The Balaban J connectivity index is 2.05. The molecule has 0 radical (unpaired) electrons. The van der Waals surface area contributed by atoms with Gasteiger partial charge in [0, 0.05) is 16.9 Å². The van der Waals surface area contributed by atoms with E-state index in [1.165, 1.54) is 0 Å². The molecule has 29 heavy (non-hydrogen) atoms. The summed E-state index contributed by atoms with van der Waals surface area (Å²) in [6, 6.07) is 11.0. The molecule has 0 aromatic heterocycles. The molecule has 1 aliphatic heterocycles. The molecule has 7 heteroatoms. The van der Waals surface area contributed by atoms with Crippen LogP contribution < -0.4 is 25.4 Å². The number of nitrogens with one attached hydrogen (secondary N) is 3. The van der Waals surface area contributed by atoms with Crippen LogP contribution in [-0.2, 0) is 4.79 Å². The minimum Gasteiger partial charge on any atom is -0.497 e. The number of aryl methyl sites for hydroxylation is 2. The number of hydrogen-bond acceptors (Lipinski definition) is 4. The molecule has 0 spiro atoms. The lowest BCUT2D eigenvalue weighted by atomic mass is 9.93. The first kappa shape index (κ1) is 20.7. The summed E-state index contributed by atoms with van der Waals surface area (Å²) in [6.07, 6.45) is 0. The Labute approximate surface area is 176 Å². The number of amides is 1. The molecule has 0 aliphatic carbocycles. The van der Waals surface area contributed by atoms with E-state index in [1.54, 1.807) is 14.2 Å². The molecule has 3 N–H and O–H groups in total. The van der Waals surface area contributed by atoms with Gasteiger partial charge in [-0.1, -0.05) is 12.1 Å². The minimum atomic E-state index is -0.487. The summed E-state index contributed by atoms with van der Waals surface area (Å²) in [7, 11) is 3.19. The third-order valence-corrected chi connectivity index (χ3v) is 5.12. The molecule has 3 rings (SSSR count). The monoisotopic (exact) mass is 411 g/mol. The van der Waals surface area contributed by atoms with Crippen LogP contribution in [0.2, 0.25) is 0 Å². The Morgan fingerprint density at radius 3 is 2.52 bits per heavy atom. The van der Waals surface area contributed by atoms with Gasteiger partial charge in [-0.25, -0.2) is 0 Å². The fourth-order valence-electron chi connectivity index (χ4n) is 3.35. The smallest absolute Gasteiger partial charge is 0.255 e. The molecule has 1 atom stereocenters. The second-order valence-corrected chi connectivity index (χ2v) is 7.36. The van der Waals surface area contributed by atoms with Crippen LogP contribution in [0.4, 0.5) is 5.69 Å². The predicted octanol–water partition coefficient (Wildman–Crippen LogP) is 3.75. The van der Waals surface area contributed by atoms with Crippen molar-refractivity contribution in [2.24, 2.45) is 0 Å². The molecule has 2 aromatic rings. The van der Waals surface area contributed by atoms with Gasteiger partial charge in [0.2, 0.25) is 0 Å². The lowest BCUT2D eigenvalue weighted by Gasteiger charge is -2.31. The number of benzene rings is 2. The van der Waals surface area contributed by atoms with E-state index in [1.807, 2.05) is 57.2 Å². The topological polar surface area (TPSA) is 71.6 Å². The number of rotatable bonds is 5. The highest BCUT2D eigenvalue weighted by Crippen LogP contribution is 2.36. The van der Waals surface area contributed by atoms with E-state index in [2.05, 4.69) is 16.0 Å². The highest BCUT2D eigenvalue weighted by molar-refractivity contribution is 7.80. The van der Waals surface area contributed by atoms with E-state index < -0.39 is 6.04 Å². The van der Waals surface area contributed by atoms with E-state index in [-0.39, 0.29) is 5.91 Å². The number of methoxy groups -OCH3 is 2. The largest absolute Gasteiger partial charge is 0.497 e. The quantitative estimate of drug-likeness (QED) is 0.651.